The number of hydrogen-bond acceptors (Lipinski definition) is 4. The molecule has 5 heteroatoms. The van der Waals surface area contributed by atoms with Crippen LogP contribution in [0.2, 0.25) is 0 Å². The van der Waals surface area contributed by atoms with Gasteiger partial charge in [0.15, 0.2) is 0 Å². The molecule has 1 aromatic carbocycles. The number of nitro groups is 1. The summed E-state index contributed by atoms with van der Waals surface area (Å²) in [5.41, 5.74) is 8.02. The molecule has 0 amide bonds. The van der Waals surface area contributed by atoms with Crippen LogP contribution in [-0.2, 0) is 6.54 Å². The van der Waals surface area contributed by atoms with Gasteiger partial charge in [-0.25, -0.2) is 0 Å². The second-order valence-corrected chi connectivity index (χ2v) is 5.61. The summed E-state index contributed by atoms with van der Waals surface area (Å²) >= 11 is 0. The van der Waals surface area contributed by atoms with Crippen LogP contribution in [0.3, 0.4) is 0 Å². The van der Waals surface area contributed by atoms with E-state index in [9.17, 15) is 10.1 Å². The highest BCUT2D eigenvalue weighted by atomic mass is 16.6. The van der Waals surface area contributed by atoms with Crippen molar-refractivity contribution in [3.63, 3.8) is 0 Å². The van der Waals surface area contributed by atoms with Gasteiger partial charge in [-0.3, -0.25) is 15.0 Å². The first kappa shape index (κ1) is 14.0. The first-order valence-electron chi connectivity index (χ1n) is 6.68. The molecule has 1 aliphatic heterocycles. The Morgan fingerprint density at radius 2 is 2.21 bits per heavy atom. The molecule has 1 heterocycles. The Bertz CT molecular complexity index is 466. The molecular formula is C14H21N3O2. The van der Waals surface area contributed by atoms with E-state index >= 15 is 0 Å². The maximum absolute atomic E-state index is 10.9. The van der Waals surface area contributed by atoms with E-state index in [1.165, 1.54) is 0 Å². The first-order chi connectivity index (χ1) is 8.97. The zero-order valence-electron chi connectivity index (χ0n) is 11.5. The van der Waals surface area contributed by atoms with Crippen molar-refractivity contribution in [3.05, 3.63) is 39.4 Å². The molecule has 2 unspecified atom stereocenters. The summed E-state index contributed by atoms with van der Waals surface area (Å²) in [6.45, 7) is 6.64. The Kier molecular flexibility index (Phi) is 4.17. The fourth-order valence-corrected chi connectivity index (χ4v) is 2.92. The highest BCUT2D eigenvalue weighted by molar-refractivity contribution is 5.44. The first-order valence-corrected chi connectivity index (χ1v) is 6.68. The molecule has 2 atom stereocenters. The largest absolute Gasteiger partial charge is 0.327 e. The van der Waals surface area contributed by atoms with Gasteiger partial charge in [0.25, 0.3) is 5.69 Å². The number of likely N-dealkylation sites (tertiary alicyclic amines) is 1. The zero-order chi connectivity index (χ0) is 14.0. The Labute approximate surface area is 113 Å². The minimum Gasteiger partial charge on any atom is -0.327 e. The lowest BCUT2D eigenvalue weighted by Crippen LogP contribution is -2.45. The molecule has 0 spiro atoms. The Morgan fingerprint density at radius 1 is 1.47 bits per heavy atom. The second kappa shape index (κ2) is 5.67. The molecule has 1 saturated heterocycles. The van der Waals surface area contributed by atoms with Gasteiger partial charge in [-0.1, -0.05) is 19.1 Å². The number of rotatable bonds is 3. The predicted molar refractivity (Wildman–Crippen MR) is 74.9 cm³/mol. The van der Waals surface area contributed by atoms with Gasteiger partial charge >= 0.3 is 0 Å². The van der Waals surface area contributed by atoms with E-state index in [0.717, 1.165) is 37.2 Å². The van der Waals surface area contributed by atoms with Gasteiger partial charge in [0.2, 0.25) is 0 Å². The number of nitrogens with two attached hydrogens (primary N) is 1. The van der Waals surface area contributed by atoms with E-state index < -0.39 is 0 Å². The Balaban J connectivity index is 2.15. The molecule has 0 radical (unpaired) electrons. The van der Waals surface area contributed by atoms with Crippen molar-refractivity contribution >= 4 is 5.69 Å². The van der Waals surface area contributed by atoms with Gasteiger partial charge in [-0.2, -0.15) is 0 Å². The molecule has 0 saturated carbocycles. The van der Waals surface area contributed by atoms with Gasteiger partial charge in [0.1, 0.15) is 0 Å². The van der Waals surface area contributed by atoms with Gasteiger partial charge in [0.05, 0.1) is 4.92 Å². The Hall–Kier alpha value is -1.46. The third-order valence-electron chi connectivity index (χ3n) is 3.78. The lowest BCUT2D eigenvalue weighted by atomic mass is 9.95. The van der Waals surface area contributed by atoms with Crippen LogP contribution in [0, 0.1) is 23.0 Å². The van der Waals surface area contributed by atoms with E-state index in [0.29, 0.717) is 5.92 Å². The van der Waals surface area contributed by atoms with Gasteiger partial charge in [0, 0.05) is 37.3 Å². The molecule has 0 aliphatic carbocycles. The van der Waals surface area contributed by atoms with Crippen LogP contribution in [0.15, 0.2) is 18.2 Å². The van der Waals surface area contributed by atoms with Crippen LogP contribution in [0.1, 0.15) is 24.5 Å². The average molecular weight is 263 g/mol. The third-order valence-corrected chi connectivity index (χ3v) is 3.78. The predicted octanol–water partition coefficient (Wildman–Crippen LogP) is 2.07. The van der Waals surface area contributed by atoms with Crippen molar-refractivity contribution in [2.24, 2.45) is 11.7 Å². The van der Waals surface area contributed by atoms with Gasteiger partial charge < -0.3 is 5.73 Å². The van der Waals surface area contributed by atoms with Gasteiger partial charge in [-0.05, 0) is 24.8 Å². The Morgan fingerprint density at radius 3 is 2.84 bits per heavy atom. The quantitative estimate of drug-likeness (QED) is 0.669. The maximum Gasteiger partial charge on any atom is 0.272 e. The summed E-state index contributed by atoms with van der Waals surface area (Å²) < 4.78 is 0. The molecule has 2 N–H and O–H groups in total. The van der Waals surface area contributed by atoms with E-state index in [1.807, 2.05) is 13.0 Å². The normalized spacial score (nSPS) is 24.4. The zero-order valence-corrected chi connectivity index (χ0v) is 11.5. The fraction of sp³-hybridized carbons (Fsp3) is 0.571. The molecule has 1 aliphatic rings. The number of nitro benzene ring substituents is 1. The molecule has 1 fully saturated rings. The van der Waals surface area contributed by atoms with Crippen LogP contribution in [0.5, 0.6) is 0 Å². The van der Waals surface area contributed by atoms with E-state index in [2.05, 4.69) is 11.8 Å². The summed E-state index contributed by atoms with van der Waals surface area (Å²) in [5, 5.41) is 10.9. The lowest BCUT2D eigenvalue weighted by Gasteiger charge is -2.35. The molecule has 0 aromatic heterocycles. The summed E-state index contributed by atoms with van der Waals surface area (Å²) in [7, 11) is 0. The average Bonchev–Trinajstić information content (AvgIpc) is 2.30. The smallest absolute Gasteiger partial charge is 0.272 e. The third kappa shape index (κ3) is 3.30. The molecular weight excluding hydrogens is 242 g/mol. The molecule has 1 aromatic rings. The molecule has 2 rings (SSSR count). The second-order valence-electron chi connectivity index (χ2n) is 5.61. The van der Waals surface area contributed by atoms with Crippen LogP contribution in [0.25, 0.3) is 0 Å². The van der Waals surface area contributed by atoms with Crippen molar-refractivity contribution in [3.8, 4) is 0 Å². The summed E-state index contributed by atoms with van der Waals surface area (Å²) in [6.07, 6.45) is 1.06. The van der Waals surface area contributed by atoms with Crippen molar-refractivity contribution in [1.29, 1.82) is 0 Å². The molecule has 19 heavy (non-hydrogen) atoms. The number of piperidine rings is 1. The van der Waals surface area contributed by atoms with E-state index in [1.54, 1.807) is 12.1 Å². The summed E-state index contributed by atoms with van der Waals surface area (Å²) in [6, 6.07) is 5.49. The SMILES string of the molecule is Cc1c(CN2CC(C)CC(N)C2)cccc1[N+](=O)[O-]. The van der Waals surface area contributed by atoms with Gasteiger partial charge in [-0.15, -0.1) is 0 Å². The standard InChI is InChI=1S/C14H21N3O2/c1-10-6-13(15)9-16(7-10)8-12-4-3-5-14(11(12)2)17(18)19/h3-5,10,13H,6-9,15H2,1-2H3. The van der Waals surface area contributed by atoms with Crippen molar-refractivity contribution in [2.45, 2.75) is 32.9 Å². The van der Waals surface area contributed by atoms with Crippen molar-refractivity contribution < 1.29 is 4.92 Å². The fourth-order valence-electron chi connectivity index (χ4n) is 2.92. The number of nitrogens with zero attached hydrogens (tertiary/aromatic N) is 2. The molecule has 5 nitrogen and oxygen atoms in total. The van der Waals surface area contributed by atoms with Crippen molar-refractivity contribution in [1.82, 2.24) is 4.90 Å². The van der Waals surface area contributed by atoms with Crippen LogP contribution < -0.4 is 5.73 Å². The van der Waals surface area contributed by atoms with Crippen molar-refractivity contribution in [2.75, 3.05) is 13.1 Å². The van der Waals surface area contributed by atoms with E-state index in [-0.39, 0.29) is 16.7 Å². The monoisotopic (exact) mass is 263 g/mol. The minimum atomic E-state index is -0.316. The topological polar surface area (TPSA) is 72.4 Å². The van der Waals surface area contributed by atoms with Crippen LogP contribution in [-0.4, -0.2) is 29.0 Å². The van der Waals surface area contributed by atoms with Crippen LogP contribution >= 0.6 is 0 Å². The summed E-state index contributed by atoms with van der Waals surface area (Å²) in [5.74, 6) is 0.586. The highest BCUT2D eigenvalue weighted by Gasteiger charge is 2.23. The maximum atomic E-state index is 10.9. The van der Waals surface area contributed by atoms with Crippen LogP contribution in [0.4, 0.5) is 5.69 Å². The number of hydrogen-bond donors (Lipinski definition) is 1. The molecule has 0 bridgehead atoms. The number of benzene rings is 1. The minimum absolute atomic E-state index is 0.201. The lowest BCUT2D eigenvalue weighted by molar-refractivity contribution is -0.385. The van der Waals surface area contributed by atoms with E-state index in [4.69, 9.17) is 5.73 Å². The highest BCUT2D eigenvalue weighted by Crippen LogP contribution is 2.24. The molecule has 104 valence electrons. The summed E-state index contributed by atoms with van der Waals surface area (Å²) in [4.78, 5) is 12.9.